The smallest absolute Gasteiger partial charge is 0.228 e. The minimum Gasteiger partial charge on any atom is -0.363 e. The highest BCUT2D eigenvalue weighted by Gasteiger charge is 2.36. The van der Waals surface area contributed by atoms with Crippen molar-refractivity contribution in [2.24, 2.45) is 5.92 Å². The number of nitrogens with one attached hydrogen (secondary N) is 2. The normalized spacial score (nSPS) is 20.0. The SMILES string of the molecule is [2H]C([2H])([2H])CC(=O)c1cnc(NC(=O)C2CC2)cc1Nc1nc(C)cc2c1N(C)[C@H](C)c1sc(C3CC3)nc1-2. The number of pyridine rings is 2. The zero-order valence-electron chi connectivity index (χ0n) is 23.5. The Hall–Kier alpha value is -3.33. The van der Waals surface area contributed by atoms with E-state index in [2.05, 4.69) is 27.4 Å². The van der Waals surface area contributed by atoms with Gasteiger partial charge in [-0.3, -0.25) is 9.59 Å². The molecule has 8 nitrogen and oxygen atoms in total. The van der Waals surface area contributed by atoms with Crippen LogP contribution in [-0.2, 0) is 4.79 Å². The average molecular weight is 506 g/mol. The number of amides is 1. The van der Waals surface area contributed by atoms with Gasteiger partial charge in [-0.25, -0.2) is 15.0 Å². The standard InChI is InChI=1S/C27H30N6O2S/c1-5-20(34)18-12-28-21(31-26(35)15-6-7-15)11-19(18)30-25-23-17(10-13(2)29-25)22-24(14(3)33(23)4)36-27(32-22)16-8-9-16/h10-12,14-16H,5-9H2,1-4H3,(H2,28,29,30,31,35)/t14-/m1/s1/i1D3. The second-order valence-electron chi connectivity index (χ2n) is 9.94. The van der Waals surface area contributed by atoms with Crippen molar-refractivity contribution in [3.05, 3.63) is 39.5 Å². The minimum absolute atomic E-state index is 0.0199. The van der Waals surface area contributed by atoms with Crippen LogP contribution in [0.4, 0.5) is 23.0 Å². The number of aryl methyl sites for hydroxylation is 1. The van der Waals surface area contributed by atoms with Crippen molar-refractivity contribution in [3.8, 4) is 11.3 Å². The number of nitrogens with zero attached hydrogens (tertiary/aromatic N) is 4. The van der Waals surface area contributed by atoms with E-state index in [1.165, 1.54) is 28.9 Å². The molecule has 0 spiro atoms. The molecular weight excluding hydrogens is 472 g/mol. The summed E-state index contributed by atoms with van der Waals surface area (Å²) in [5, 5.41) is 7.31. The molecule has 0 radical (unpaired) electrons. The summed E-state index contributed by atoms with van der Waals surface area (Å²) < 4.78 is 22.8. The number of fused-ring (bicyclic) bond motifs is 3. The van der Waals surface area contributed by atoms with Gasteiger partial charge in [-0.1, -0.05) is 6.85 Å². The van der Waals surface area contributed by atoms with Crippen LogP contribution in [0.3, 0.4) is 0 Å². The van der Waals surface area contributed by atoms with E-state index in [-0.39, 0.29) is 23.4 Å². The van der Waals surface area contributed by atoms with Crippen LogP contribution in [-0.4, -0.2) is 33.7 Å². The van der Waals surface area contributed by atoms with Crippen molar-refractivity contribution in [1.29, 1.82) is 0 Å². The molecule has 0 saturated heterocycles. The molecule has 2 fully saturated rings. The predicted molar refractivity (Wildman–Crippen MR) is 142 cm³/mol. The summed E-state index contributed by atoms with van der Waals surface area (Å²) in [7, 11) is 2.01. The Balaban J connectivity index is 1.43. The molecule has 0 unspecified atom stereocenters. The molecule has 3 aliphatic rings. The Kier molecular flexibility index (Phi) is 4.76. The fourth-order valence-corrected chi connectivity index (χ4v) is 5.98. The summed E-state index contributed by atoms with van der Waals surface area (Å²) in [4.78, 5) is 42.9. The molecule has 3 aromatic rings. The van der Waals surface area contributed by atoms with Gasteiger partial charge in [-0.15, -0.1) is 11.3 Å². The highest BCUT2D eigenvalue weighted by molar-refractivity contribution is 7.12. The van der Waals surface area contributed by atoms with E-state index in [1.807, 2.05) is 20.0 Å². The number of hydrogen-bond donors (Lipinski definition) is 2. The van der Waals surface area contributed by atoms with E-state index in [1.54, 1.807) is 17.4 Å². The van der Waals surface area contributed by atoms with Gasteiger partial charge in [0.2, 0.25) is 5.91 Å². The molecule has 2 N–H and O–H groups in total. The lowest BCUT2D eigenvalue weighted by Gasteiger charge is -2.34. The summed E-state index contributed by atoms with van der Waals surface area (Å²) in [5.74, 6) is 0.670. The molecule has 2 saturated carbocycles. The maximum Gasteiger partial charge on any atom is 0.228 e. The van der Waals surface area contributed by atoms with Gasteiger partial charge >= 0.3 is 0 Å². The van der Waals surface area contributed by atoms with E-state index < -0.39 is 19.1 Å². The van der Waals surface area contributed by atoms with Crippen LogP contribution >= 0.6 is 11.3 Å². The third-order valence-electron chi connectivity index (χ3n) is 7.10. The van der Waals surface area contributed by atoms with Gasteiger partial charge < -0.3 is 15.5 Å². The molecule has 9 heteroatoms. The first-order chi connectivity index (χ1) is 18.5. The molecule has 1 amide bonds. The highest BCUT2D eigenvalue weighted by atomic mass is 32.1. The Morgan fingerprint density at radius 2 is 2.03 bits per heavy atom. The van der Waals surface area contributed by atoms with Crippen LogP contribution in [0.15, 0.2) is 18.3 Å². The number of aromatic nitrogens is 3. The lowest BCUT2D eigenvalue weighted by Crippen LogP contribution is -2.27. The van der Waals surface area contributed by atoms with E-state index in [0.717, 1.165) is 35.5 Å². The largest absolute Gasteiger partial charge is 0.363 e. The van der Waals surface area contributed by atoms with Crippen molar-refractivity contribution < 1.29 is 13.7 Å². The molecule has 1 aliphatic heterocycles. The Labute approximate surface area is 218 Å². The molecular formula is C27H30N6O2S. The summed E-state index contributed by atoms with van der Waals surface area (Å²) >= 11 is 1.78. The summed E-state index contributed by atoms with van der Waals surface area (Å²) in [6.45, 7) is 1.62. The Bertz CT molecular complexity index is 1500. The van der Waals surface area contributed by atoms with Gasteiger partial charge in [0.05, 0.1) is 38.6 Å². The zero-order chi connectivity index (χ0) is 27.6. The number of thiazole rings is 1. The molecule has 4 heterocycles. The van der Waals surface area contributed by atoms with Gasteiger partial charge in [0, 0.05) is 52.9 Å². The zero-order valence-corrected chi connectivity index (χ0v) is 21.3. The topological polar surface area (TPSA) is 100 Å². The van der Waals surface area contributed by atoms with Gasteiger partial charge in [-0.2, -0.15) is 0 Å². The van der Waals surface area contributed by atoms with Crippen molar-refractivity contribution in [1.82, 2.24) is 15.0 Å². The van der Waals surface area contributed by atoms with Crippen molar-refractivity contribution in [2.45, 2.75) is 64.8 Å². The predicted octanol–water partition coefficient (Wildman–Crippen LogP) is 5.98. The van der Waals surface area contributed by atoms with Crippen LogP contribution in [0, 0.1) is 12.8 Å². The summed E-state index contributed by atoms with van der Waals surface area (Å²) in [6.07, 6.45) is 4.75. The van der Waals surface area contributed by atoms with Gasteiger partial charge in [0.25, 0.3) is 0 Å². The van der Waals surface area contributed by atoms with Crippen LogP contribution in [0.2, 0.25) is 0 Å². The highest BCUT2D eigenvalue weighted by Crippen LogP contribution is 2.52. The lowest BCUT2D eigenvalue weighted by molar-refractivity contribution is -0.117. The lowest BCUT2D eigenvalue weighted by atomic mass is 9.99. The van der Waals surface area contributed by atoms with Crippen LogP contribution in [0.5, 0.6) is 0 Å². The second-order valence-corrected chi connectivity index (χ2v) is 11.0. The number of rotatable bonds is 7. The summed E-state index contributed by atoms with van der Waals surface area (Å²) in [5.41, 5.74) is 4.04. The Morgan fingerprint density at radius 3 is 2.75 bits per heavy atom. The van der Waals surface area contributed by atoms with E-state index in [4.69, 9.17) is 14.1 Å². The van der Waals surface area contributed by atoms with Crippen LogP contribution in [0.25, 0.3) is 11.3 Å². The summed E-state index contributed by atoms with van der Waals surface area (Å²) in [6, 6.07) is 3.69. The quantitative estimate of drug-likeness (QED) is 0.381. The van der Waals surface area contributed by atoms with Gasteiger partial charge in [-0.05, 0) is 45.6 Å². The third-order valence-corrected chi connectivity index (χ3v) is 8.49. The number of carbonyl (C=O) groups is 2. The number of hydrogen-bond acceptors (Lipinski definition) is 8. The fourth-order valence-electron chi connectivity index (χ4n) is 4.64. The number of carbonyl (C=O) groups excluding carboxylic acids is 2. The maximum absolute atomic E-state index is 13.1. The Morgan fingerprint density at radius 1 is 1.22 bits per heavy atom. The number of ketones is 1. The molecule has 6 rings (SSSR count). The van der Waals surface area contributed by atoms with Crippen LogP contribution in [0.1, 0.15) is 87.9 Å². The van der Waals surface area contributed by atoms with Crippen molar-refractivity contribution in [2.75, 3.05) is 22.6 Å². The van der Waals surface area contributed by atoms with E-state index in [0.29, 0.717) is 23.2 Å². The average Bonchev–Trinajstić information content (AvgIpc) is 3.78. The second kappa shape index (κ2) is 8.65. The maximum atomic E-state index is 13.1. The fraction of sp³-hybridized carbons (Fsp3) is 0.444. The van der Waals surface area contributed by atoms with Gasteiger partial charge in [0.1, 0.15) is 5.82 Å². The first-order valence-corrected chi connectivity index (χ1v) is 13.2. The number of Topliss-reactive ketones (excluding diaryl/α,β-unsaturated/α-hetero) is 1. The third kappa shape index (κ3) is 4.05. The minimum atomic E-state index is -2.43. The monoisotopic (exact) mass is 505 g/mol. The molecule has 1 atom stereocenters. The molecule has 2 aliphatic carbocycles. The van der Waals surface area contributed by atoms with E-state index >= 15 is 0 Å². The first kappa shape index (κ1) is 19.8. The van der Waals surface area contributed by atoms with Crippen molar-refractivity contribution >= 4 is 46.0 Å². The van der Waals surface area contributed by atoms with Gasteiger partial charge in [0.15, 0.2) is 11.6 Å². The molecule has 186 valence electrons. The van der Waals surface area contributed by atoms with Crippen LogP contribution < -0.4 is 15.5 Å². The molecule has 0 aromatic carbocycles. The van der Waals surface area contributed by atoms with E-state index in [9.17, 15) is 9.59 Å². The molecule has 3 aromatic heterocycles. The first-order valence-electron chi connectivity index (χ1n) is 13.8. The number of anilines is 4. The molecule has 36 heavy (non-hydrogen) atoms. The van der Waals surface area contributed by atoms with Crippen molar-refractivity contribution in [3.63, 3.8) is 0 Å². The molecule has 0 bridgehead atoms.